The summed E-state index contributed by atoms with van der Waals surface area (Å²) in [6, 6.07) is 0. The smallest absolute Gasteiger partial charge is 0.330 e. The highest BCUT2D eigenvalue weighted by atomic mass is 31.3. The third-order valence-corrected chi connectivity index (χ3v) is 8.11. The van der Waals surface area contributed by atoms with Crippen molar-refractivity contribution in [2.24, 2.45) is 0 Å². The summed E-state index contributed by atoms with van der Waals surface area (Å²) >= 11 is 0. The number of hydrogen-bond donors (Lipinski definition) is 5. The van der Waals surface area contributed by atoms with E-state index in [1.807, 2.05) is 4.98 Å². The Morgan fingerprint density at radius 1 is 1.17 bits per heavy atom. The van der Waals surface area contributed by atoms with Gasteiger partial charge in [-0.2, -0.15) is 0 Å². The van der Waals surface area contributed by atoms with Gasteiger partial charge in [-0.3, -0.25) is 28.0 Å². The maximum atomic E-state index is 12.1. The molecule has 2 unspecified atom stereocenters. The van der Waals surface area contributed by atoms with Gasteiger partial charge in [0.25, 0.3) is 21.2 Å². The van der Waals surface area contributed by atoms with Crippen LogP contribution in [0.2, 0.25) is 0 Å². The molecule has 0 amide bonds. The van der Waals surface area contributed by atoms with Crippen LogP contribution < -0.4 is 21.0 Å². The number of H-pyrrole nitrogens is 1. The van der Waals surface area contributed by atoms with Crippen molar-refractivity contribution in [3.8, 4) is 0 Å². The van der Waals surface area contributed by atoms with Gasteiger partial charge in [-0.15, -0.1) is 0 Å². The Morgan fingerprint density at radius 2 is 1.81 bits per heavy atom. The number of hydrogen-bond acceptors (Lipinski definition) is 15. The second-order valence-corrected chi connectivity index (χ2v) is 11.7. The molecule has 3 heterocycles. The van der Waals surface area contributed by atoms with Crippen molar-refractivity contribution in [3.63, 3.8) is 0 Å². The van der Waals surface area contributed by atoms with E-state index in [0.29, 0.717) is 0 Å². The van der Waals surface area contributed by atoms with Gasteiger partial charge in [0.15, 0.2) is 6.29 Å². The molecule has 5 N–H and O–H groups in total. The molecule has 2 fully saturated rings. The van der Waals surface area contributed by atoms with Crippen LogP contribution in [0.5, 0.6) is 0 Å². The predicted molar refractivity (Wildman–Crippen MR) is 111 cm³/mol. The molecule has 2 aliphatic heterocycles. The van der Waals surface area contributed by atoms with Crippen molar-refractivity contribution >= 4 is 15.6 Å². The van der Waals surface area contributed by atoms with E-state index in [9.17, 15) is 48.9 Å². The number of aryl methyl sites for hydroxylation is 1. The first-order chi connectivity index (χ1) is 16.4. The Hall–Kier alpha value is -1.30. The van der Waals surface area contributed by atoms with Crippen LogP contribution in [0.1, 0.15) is 32.1 Å². The summed E-state index contributed by atoms with van der Waals surface area (Å²) < 4.78 is 48.5. The summed E-state index contributed by atoms with van der Waals surface area (Å²) in [6.45, 7) is 3.01. The molecule has 2 saturated heterocycles. The summed E-state index contributed by atoms with van der Waals surface area (Å²) in [4.78, 5) is 49.7. The SMILES string of the molecule is Cc1cn([C@H]2C[C@H](O)[C@@H](COP(=O)([O-])OP(=O)([O-])O[C@@H]3OC(C)(C)[C@H](O)[C@@H](O)[C@H]3O)O2)c(=O)[nH]c1=O. The van der Waals surface area contributed by atoms with Gasteiger partial charge in [0, 0.05) is 18.2 Å². The van der Waals surface area contributed by atoms with E-state index in [-0.39, 0.29) is 12.0 Å². The van der Waals surface area contributed by atoms with E-state index in [1.165, 1.54) is 27.0 Å². The van der Waals surface area contributed by atoms with Crippen LogP contribution >= 0.6 is 15.6 Å². The molecule has 3 rings (SSSR count). The van der Waals surface area contributed by atoms with Crippen molar-refractivity contribution < 1.29 is 62.2 Å². The number of aliphatic hydroxyl groups is 4. The Kier molecular flexibility index (Phi) is 8.50. The average Bonchev–Trinajstić information content (AvgIpc) is 3.11. The predicted octanol–water partition coefficient (Wildman–Crippen LogP) is -3.30. The largest absolute Gasteiger partial charge is 0.756 e. The summed E-state index contributed by atoms with van der Waals surface area (Å²) in [7, 11) is -11.4. The average molecular weight is 560 g/mol. The number of aromatic nitrogens is 2. The van der Waals surface area contributed by atoms with Crippen LogP contribution in [-0.2, 0) is 32.0 Å². The monoisotopic (exact) mass is 560 g/mol. The number of nitrogens with one attached hydrogen (secondary N) is 1. The van der Waals surface area contributed by atoms with Crippen LogP contribution in [0, 0.1) is 6.92 Å². The lowest BCUT2D eigenvalue weighted by Crippen LogP contribution is -2.62. The minimum absolute atomic E-state index is 0.175. The quantitative estimate of drug-likeness (QED) is 0.195. The number of phosphoric ester groups is 2. The van der Waals surface area contributed by atoms with Crippen LogP contribution in [0.15, 0.2) is 15.8 Å². The minimum atomic E-state index is -5.79. The van der Waals surface area contributed by atoms with E-state index in [4.69, 9.17) is 9.47 Å². The number of aromatic amines is 1. The molecule has 36 heavy (non-hydrogen) atoms. The molecule has 0 bridgehead atoms. The third kappa shape index (κ3) is 6.57. The van der Waals surface area contributed by atoms with Gasteiger partial charge < -0.3 is 44.2 Å². The molecule has 206 valence electrons. The van der Waals surface area contributed by atoms with Gasteiger partial charge in [-0.05, 0) is 20.8 Å². The number of rotatable bonds is 8. The molecule has 19 heteroatoms. The van der Waals surface area contributed by atoms with Gasteiger partial charge in [0.1, 0.15) is 30.6 Å². The Morgan fingerprint density at radius 3 is 2.44 bits per heavy atom. The first-order valence-electron chi connectivity index (χ1n) is 10.5. The maximum Gasteiger partial charge on any atom is 0.330 e. The molecule has 1 aromatic heterocycles. The maximum absolute atomic E-state index is 12.1. The zero-order valence-corrected chi connectivity index (χ0v) is 20.9. The molecule has 0 aliphatic carbocycles. The van der Waals surface area contributed by atoms with Crippen LogP contribution in [-0.4, -0.2) is 79.0 Å². The topological polar surface area (TPSA) is 262 Å². The second kappa shape index (κ2) is 10.5. The Labute approximate surface area is 203 Å². The highest BCUT2D eigenvalue weighted by Gasteiger charge is 2.50. The fourth-order valence-electron chi connectivity index (χ4n) is 3.57. The fraction of sp³-hybridized carbons (Fsp3) is 0.765. The molecule has 2 aliphatic rings. The van der Waals surface area contributed by atoms with Crippen LogP contribution in [0.25, 0.3) is 0 Å². The van der Waals surface area contributed by atoms with Crippen molar-refractivity contribution in [1.82, 2.24) is 9.55 Å². The van der Waals surface area contributed by atoms with Gasteiger partial charge in [-0.1, -0.05) is 0 Å². The third-order valence-electron chi connectivity index (χ3n) is 5.57. The highest BCUT2D eigenvalue weighted by molar-refractivity contribution is 7.59. The Balaban J connectivity index is 1.60. The van der Waals surface area contributed by atoms with Crippen LogP contribution in [0.3, 0.4) is 0 Å². The second-order valence-electron chi connectivity index (χ2n) is 8.80. The lowest BCUT2D eigenvalue weighted by Gasteiger charge is -2.46. The zero-order valence-electron chi connectivity index (χ0n) is 19.2. The molecule has 0 spiro atoms. The van der Waals surface area contributed by atoms with Gasteiger partial charge in [0.2, 0.25) is 0 Å². The van der Waals surface area contributed by atoms with E-state index in [2.05, 4.69) is 13.4 Å². The van der Waals surface area contributed by atoms with Gasteiger partial charge in [0.05, 0.1) is 18.3 Å². The molecule has 0 aromatic carbocycles. The first kappa shape index (κ1) is 29.3. The molecular formula is C17H26N2O15P2-2. The van der Waals surface area contributed by atoms with Crippen molar-refractivity contribution in [2.75, 3.05) is 6.61 Å². The lowest BCUT2D eigenvalue weighted by molar-refractivity contribution is -0.322. The molecule has 17 nitrogen and oxygen atoms in total. The number of nitrogens with zero attached hydrogens (tertiary/aromatic N) is 1. The van der Waals surface area contributed by atoms with E-state index in [1.54, 1.807) is 0 Å². The number of ether oxygens (including phenoxy) is 2. The summed E-state index contributed by atoms with van der Waals surface area (Å²) in [5.41, 5.74) is -2.86. The molecule has 0 saturated carbocycles. The Bertz CT molecular complexity index is 1170. The van der Waals surface area contributed by atoms with Crippen molar-refractivity contribution in [1.29, 1.82) is 0 Å². The van der Waals surface area contributed by atoms with E-state index in [0.717, 1.165) is 4.57 Å². The number of aliphatic hydroxyl groups excluding tert-OH is 4. The minimum Gasteiger partial charge on any atom is -0.756 e. The fourth-order valence-corrected chi connectivity index (χ4v) is 5.65. The zero-order chi connectivity index (χ0) is 27.2. The first-order valence-corrected chi connectivity index (χ1v) is 13.4. The van der Waals surface area contributed by atoms with Gasteiger partial charge >= 0.3 is 5.69 Å². The molecule has 9 atom stereocenters. The lowest BCUT2D eigenvalue weighted by atomic mass is 9.90. The summed E-state index contributed by atoms with van der Waals surface area (Å²) in [5.74, 6) is 0. The highest BCUT2D eigenvalue weighted by Crippen LogP contribution is 2.57. The van der Waals surface area contributed by atoms with Crippen molar-refractivity contribution in [3.05, 3.63) is 32.6 Å². The molecule has 1 aromatic rings. The standard InChI is InChI=1S/C17H28N2O15P2/c1-7-5-19(16(25)18-14(7)24)10-4-8(20)9(31-10)6-30-35(26,27)34-36(28,29)33-15-12(22)11(21)13(23)17(2,3)32-15/h5,8-13,15,20-23H,4,6H2,1-3H3,(H,26,27)(H,28,29)(H,18,24,25)/p-2/t8-,9+,10+,11-,12+,13+,15-/m0/s1. The van der Waals surface area contributed by atoms with E-state index < -0.39 is 82.1 Å². The van der Waals surface area contributed by atoms with Crippen LogP contribution in [0.4, 0.5) is 0 Å². The number of phosphoric acid groups is 2. The normalized spacial score (nSPS) is 35.8. The molecule has 0 radical (unpaired) electrons. The molecular weight excluding hydrogens is 534 g/mol. The van der Waals surface area contributed by atoms with Gasteiger partial charge in [-0.25, -0.2) is 9.11 Å². The van der Waals surface area contributed by atoms with E-state index >= 15 is 0 Å². The summed E-state index contributed by atoms with van der Waals surface area (Å²) in [5, 5.41) is 39.8. The summed E-state index contributed by atoms with van der Waals surface area (Å²) in [6.07, 6.45) is -10.5. The van der Waals surface area contributed by atoms with Crippen molar-refractivity contribution in [2.45, 2.75) is 75.8 Å².